The number of benzene rings is 1. The molecule has 0 spiro atoms. The van der Waals surface area contributed by atoms with Crippen molar-refractivity contribution in [3.8, 4) is 6.07 Å². The fourth-order valence-electron chi connectivity index (χ4n) is 2.32. The molecule has 18 heavy (non-hydrogen) atoms. The molecule has 0 heterocycles. The number of carbonyl (C=O) groups is 1. The average Bonchev–Trinajstić information content (AvgIpc) is 2.89. The first kappa shape index (κ1) is 13.1. The van der Waals surface area contributed by atoms with Crippen molar-refractivity contribution in [1.29, 1.82) is 5.26 Å². The Morgan fingerprint density at radius 2 is 2.17 bits per heavy atom. The van der Waals surface area contributed by atoms with Crippen molar-refractivity contribution in [2.45, 2.75) is 31.7 Å². The summed E-state index contributed by atoms with van der Waals surface area (Å²) in [6.45, 7) is 0. The van der Waals surface area contributed by atoms with Gasteiger partial charge in [0.15, 0.2) is 0 Å². The first-order chi connectivity index (χ1) is 8.70. The van der Waals surface area contributed by atoms with Crippen LogP contribution in [0.1, 0.15) is 37.3 Å². The number of halogens is 1. The second kappa shape index (κ2) is 6.01. The van der Waals surface area contributed by atoms with Gasteiger partial charge in [-0.15, -0.1) is 0 Å². The number of nitrogens with one attached hydrogen (secondary N) is 1. The molecule has 1 aliphatic rings. The lowest BCUT2D eigenvalue weighted by atomic mass is 10.0. The number of hydrogen-bond donors (Lipinski definition) is 1. The fraction of sp³-hybridized carbons (Fsp3) is 0.429. The van der Waals surface area contributed by atoms with Gasteiger partial charge in [-0.05, 0) is 30.5 Å². The van der Waals surface area contributed by atoms with Gasteiger partial charge >= 0.3 is 0 Å². The molecule has 0 saturated heterocycles. The highest BCUT2D eigenvalue weighted by molar-refractivity contribution is 9.10. The molecular formula is C14H15BrN2O. The van der Waals surface area contributed by atoms with Gasteiger partial charge in [-0.25, -0.2) is 0 Å². The van der Waals surface area contributed by atoms with Gasteiger partial charge in [0.1, 0.15) is 6.04 Å². The van der Waals surface area contributed by atoms with E-state index < -0.39 is 6.04 Å². The van der Waals surface area contributed by atoms with Gasteiger partial charge in [-0.2, -0.15) is 5.26 Å². The number of amides is 1. The van der Waals surface area contributed by atoms with Gasteiger partial charge < -0.3 is 5.32 Å². The van der Waals surface area contributed by atoms with Crippen LogP contribution in [0.25, 0.3) is 0 Å². The van der Waals surface area contributed by atoms with E-state index in [4.69, 9.17) is 0 Å². The van der Waals surface area contributed by atoms with Crippen LogP contribution in [0.15, 0.2) is 28.7 Å². The molecule has 0 unspecified atom stereocenters. The van der Waals surface area contributed by atoms with Crippen LogP contribution in [-0.2, 0) is 4.79 Å². The maximum absolute atomic E-state index is 12.0. The summed E-state index contributed by atoms with van der Waals surface area (Å²) in [5, 5.41) is 12.0. The molecule has 1 amide bonds. The number of rotatable bonds is 3. The molecule has 4 heteroatoms. The number of nitriles is 1. The van der Waals surface area contributed by atoms with Crippen molar-refractivity contribution in [3.05, 3.63) is 34.3 Å². The highest BCUT2D eigenvalue weighted by Crippen LogP contribution is 2.26. The molecule has 2 rings (SSSR count). The van der Waals surface area contributed by atoms with Crippen molar-refractivity contribution >= 4 is 21.8 Å². The zero-order valence-corrected chi connectivity index (χ0v) is 11.6. The van der Waals surface area contributed by atoms with E-state index in [-0.39, 0.29) is 11.8 Å². The molecule has 1 aromatic carbocycles. The van der Waals surface area contributed by atoms with Crippen molar-refractivity contribution in [1.82, 2.24) is 5.32 Å². The van der Waals surface area contributed by atoms with Crippen LogP contribution in [0.4, 0.5) is 0 Å². The minimum absolute atomic E-state index is 0.0130. The molecule has 0 bridgehead atoms. The molecule has 1 N–H and O–H groups in total. The summed E-state index contributed by atoms with van der Waals surface area (Å²) in [5.74, 6) is 0.104. The molecule has 1 atom stereocenters. The maximum Gasteiger partial charge on any atom is 0.224 e. The summed E-state index contributed by atoms with van der Waals surface area (Å²) in [4.78, 5) is 12.0. The highest BCUT2D eigenvalue weighted by atomic mass is 79.9. The summed E-state index contributed by atoms with van der Waals surface area (Å²) < 4.78 is 0.912. The molecule has 1 saturated carbocycles. The molecule has 1 fully saturated rings. The summed E-state index contributed by atoms with van der Waals surface area (Å²) in [6, 6.07) is 9.07. The Labute approximate surface area is 115 Å². The molecule has 0 aromatic heterocycles. The molecule has 3 nitrogen and oxygen atoms in total. The molecule has 0 radical (unpaired) electrons. The van der Waals surface area contributed by atoms with E-state index in [0.29, 0.717) is 0 Å². The van der Waals surface area contributed by atoms with Crippen LogP contribution in [0.5, 0.6) is 0 Å². The number of hydrogen-bond acceptors (Lipinski definition) is 2. The van der Waals surface area contributed by atoms with E-state index in [1.165, 1.54) is 0 Å². The highest BCUT2D eigenvalue weighted by Gasteiger charge is 2.25. The molecule has 94 valence electrons. The van der Waals surface area contributed by atoms with Gasteiger partial charge in [-0.3, -0.25) is 4.79 Å². The predicted octanol–water partition coefficient (Wildman–Crippen LogP) is 3.32. The number of nitrogens with zero attached hydrogens (tertiary/aromatic N) is 1. The minimum atomic E-state index is -0.560. The molecule has 1 aliphatic carbocycles. The molecule has 0 aliphatic heterocycles. The van der Waals surface area contributed by atoms with Crippen LogP contribution >= 0.6 is 15.9 Å². The van der Waals surface area contributed by atoms with E-state index in [0.717, 1.165) is 35.7 Å². The summed E-state index contributed by atoms with van der Waals surface area (Å²) in [7, 11) is 0. The fourth-order valence-corrected chi connectivity index (χ4v) is 2.74. The largest absolute Gasteiger partial charge is 0.336 e. The first-order valence-corrected chi connectivity index (χ1v) is 6.95. The van der Waals surface area contributed by atoms with Crippen LogP contribution in [0.2, 0.25) is 0 Å². The second-order valence-corrected chi connectivity index (χ2v) is 5.52. The third-order valence-corrected chi connectivity index (χ3v) is 3.82. The second-order valence-electron chi connectivity index (χ2n) is 4.61. The SMILES string of the molecule is N#C[C@H](NC(=O)C1CCCC1)c1cccc(Br)c1. The van der Waals surface area contributed by atoms with Gasteiger partial charge in [0.2, 0.25) is 5.91 Å². The van der Waals surface area contributed by atoms with Crippen molar-refractivity contribution in [3.63, 3.8) is 0 Å². The lowest BCUT2D eigenvalue weighted by Crippen LogP contribution is -2.32. The normalized spacial score (nSPS) is 17.1. The summed E-state index contributed by atoms with van der Waals surface area (Å²) in [6.07, 6.45) is 4.13. The van der Waals surface area contributed by atoms with E-state index >= 15 is 0 Å². The Morgan fingerprint density at radius 1 is 1.44 bits per heavy atom. The topological polar surface area (TPSA) is 52.9 Å². The van der Waals surface area contributed by atoms with Gasteiger partial charge in [0, 0.05) is 10.4 Å². The van der Waals surface area contributed by atoms with Crippen LogP contribution in [-0.4, -0.2) is 5.91 Å². The average molecular weight is 307 g/mol. The zero-order chi connectivity index (χ0) is 13.0. The Hall–Kier alpha value is -1.34. The monoisotopic (exact) mass is 306 g/mol. The van der Waals surface area contributed by atoms with Gasteiger partial charge in [0.05, 0.1) is 6.07 Å². The number of carbonyl (C=O) groups excluding carboxylic acids is 1. The van der Waals surface area contributed by atoms with Crippen molar-refractivity contribution in [2.75, 3.05) is 0 Å². The van der Waals surface area contributed by atoms with Gasteiger partial charge in [-0.1, -0.05) is 40.9 Å². The lowest BCUT2D eigenvalue weighted by molar-refractivity contribution is -0.125. The van der Waals surface area contributed by atoms with Gasteiger partial charge in [0.25, 0.3) is 0 Å². The van der Waals surface area contributed by atoms with E-state index in [9.17, 15) is 10.1 Å². The van der Waals surface area contributed by atoms with Crippen LogP contribution < -0.4 is 5.32 Å². The van der Waals surface area contributed by atoms with E-state index in [2.05, 4.69) is 27.3 Å². The van der Waals surface area contributed by atoms with E-state index in [1.54, 1.807) is 0 Å². The van der Waals surface area contributed by atoms with Crippen LogP contribution in [0.3, 0.4) is 0 Å². The minimum Gasteiger partial charge on any atom is -0.336 e. The Kier molecular flexibility index (Phi) is 4.38. The standard InChI is InChI=1S/C14H15BrN2O/c15-12-7-3-6-11(8-12)13(9-16)17-14(18)10-4-1-2-5-10/h3,6-8,10,13H,1-2,4-5H2,(H,17,18)/t13-/m0/s1. The first-order valence-electron chi connectivity index (χ1n) is 6.16. The Balaban J connectivity index is 2.05. The summed E-state index contributed by atoms with van der Waals surface area (Å²) in [5.41, 5.74) is 0.818. The van der Waals surface area contributed by atoms with Crippen LogP contribution in [0, 0.1) is 17.2 Å². The quantitative estimate of drug-likeness (QED) is 0.931. The van der Waals surface area contributed by atoms with Crippen molar-refractivity contribution < 1.29 is 4.79 Å². The lowest BCUT2D eigenvalue weighted by Gasteiger charge is -2.15. The zero-order valence-electron chi connectivity index (χ0n) is 10.0. The van der Waals surface area contributed by atoms with E-state index in [1.807, 2.05) is 24.3 Å². The predicted molar refractivity (Wildman–Crippen MR) is 72.6 cm³/mol. The Morgan fingerprint density at radius 3 is 2.78 bits per heavy atom. The molecular weight excluding hydrogens is 292 g/mol. The third-order valence-electron chi connectivity index (χ3n) is 3.32. The summed E-state index contributed by atoms with van der Waals surface area (Å²) >= 11 is 3.37. The smallest absolute Gasteiger partial charge is 0.224 e. The van der Waals surface area contributed by atoms with Crippen molar-refractivity contribution in [2.24, 2.45) is 5.92 Å². The Bertz CT molecular complexity index is 475. The maximum atomic E-state index is 12.0. The molecule has 1 aromatic rings. The third kappa shape index (κ3) is 3.11.